The van der Waals surface area contributed by atoms with Gasteiger partial charge in [0.1, 0.15) is 23.0 Å². The monoisotopic (exact) mass is 417 g/mol. The third kappa shape index (κ3) is 3.29. The molecule has 0 amide bonds. The predicted molar refractivity (Wildman–Crippen MR) is 114 cm³/mol. The summed E-state index contributed by atoms with van der Waals surface area (Å²) in [6.45, 7) is 0.891. The largest absolute Gasteiger partial charge is 0.496 e. The van der Waals surface area contributed by atoms with E-state index in [0.717, 1.165) is 65.6 Å². The summed E-state index contributed by atoms with van der Waals surface area (Å²) in [6, 6.07) is 11.3. The van der Waals surface area contributed by atoms with Crippen LogP contribution in [0.4, 0.5) is 5.82 Å². The van der Waals surface area contributed by atoms with Crippen LogP contribution in [0.5, 0.6) is 11.5 Å². The van der Waals surface area contributed by atoms with Gasteiger partial charge in [-0.2, -0.15) is 5.10 Å². The zero-order valence-corrected chi connectivity index (χ0v) is 17.3. The summed E-state index contributed by atoms with van der Waals surface area (Å²) < 4.78 is 13.1. The standard InChI is InChI=1S/C21H21Cl2N3O2/c1-27-17-7-5-8-18(28-2)19(17)20-14-6-3-4-11-24-21(14)26(25-20)13-9-10-15(22)16(23)12-13/h5,7-10,12,24H,3-4,6,11H2,1-2H3. The Morgan fingerprint density at radius 1 is 1.00 bits per heavy atom. The predicted octanol–water partition coefficient (Wildman–Crippen LogP) is 5.61. The maximum atomic E-state index is 6.26. The van der Waals surface area contributed by atoms with Gasteiger partial charge in [-0.15, -0.1) is 0 Å². The van der Waals surface area contributed by atoms with Crippen molar-refractivity contribution in [2.45, 2.75) is 19.3 Å². The molecular formula is C21H21Cl2N3O2. The van der Waals surface area contributed by atoms with Crippen molar-refractivity contribution >= 4 is 29.0 Å². The third-order valence-corrected chi connectivity index (χ3v) is 5.68. The second-order valence-corrected chi connectivity index (χ2v) is 7.42. The quantitative estimate of drug-likeness (QED) is 0.598. The lowest BCUT2D eigenvalue weighted by Gasteiger charge is -2.12. The van der Waals surface area contributed by atoms with E-state index >= 15 is 0 Å². The Labute approximate surface area is 174 Å². The Bertz CT molecular complexity index is 995. The summed E-state index contributed by atoms with van der Waals surface area (Å²) >= 11 is 12.4. The van der Waals surface area contributed by atoms with Crippen molar-refractivity contribution in [2.24, 2.45) is 0 Å². The van der Waals surface area contributed by atoms with Gasteiger partial charge in [-0.25, -0.2) is 4.68 Å². The van der Waals surface area contributed by atoms with Crippen LogP contribution >= 0.6 is 23.2 Å². The summed E-state index contributed by atoms with van der Waals surface area (Å²) in [7, 11) is 3.32. The van der Waals surface area contributed by atoms with Gasteiger partial charge in [-0.1, -0.05) is 29.3 Å². The minimum absolute atomic E-state index is 0.494. The van der Waals surface area contributed by atoms with E-state index in [2.05, 4.69) is 5.32 Å². The van der Waals surface area contributed by atoms with E-state index in [0.29, 0.717) is 10.0 Å². The molecule has 1 aromatic heterocycles. The molecule has 5 nitrogen and oxygen atoms in total. The molecule has 28 heavy (non-hydrogen) atoms. The Morgan fingerprint density at radius 2 is 1.75 bits per heavy atom. The minimum atomic E-state index is 0.494. The first-order valence-electron chi connectivity index (χ1n) is 9.16. The van der Waals surface area contributed by atoms with Crippen LogP contribution in [0, 0.1) is 0 Å². The van der Waals surface area contributed by atoms with Crippen molar-refractivity contribution in [3.05, 3.63) is 52.0 Å². The van der Waals surface area contributed by atoms with Gasteiger partial charge in [0, 0.05) is 12.1 Å². The fourth-order valence-electron chi connectivity index (χ4n) is 3.59. The van der Waals surface area contributed by atoms with Crippen molar-refractivity contribution < 1.29 is 9.47 Å². The summed E-state index contributed by atoms with van der Waals surface area (Å²) in [6.07, 6.45) is 3.09. The van der Waals surface area contributed by atoms with Gasteiger partial charge < -0.3 is 14.8 Å². The summed E-state index contributed by atoms with van der Waals surface area (Å²) in [5.74, 6) is 2.43. The van der Waals surface area contributed by atoms with E-state index in [-0.39, 0.29) is 0 Å². The number of nitrogens with one attached hydrogen (secondary N) is 1. The zero-order chi connectivity index (χ0) is 19.7. The number of anilines is 1. The molecule has 1 aliphatic heterocycles. The first kappa shape index (κ1) is 19.0. The Morgan fingerprint density at radius 3 is 2.43 bits per heavy atom. The second kappa shape index (κ2) is 7.94. The molecule has 0 aliphatic carbocycles. The summed E-state index contributed by atoms with van der Waals surface area (Å²) in [5, 5.41) is 9.50. The third-order valence-electron chi connectivity index (χ3n) is 4.94. The van der Waals surface area contributed by atoms with Crippen LogP contribution in [0.2, 0.25) is 10.0 Å². The van der Waals surface area contributed by atoms with Crippen molar-refractivity contribution in [1.82, 2.24) is 9.78 Å². The molecule has 1 aliphatic rings. The van der Waals surface area contributed by atoms with Crippen LogP contribution in [-0.2, 0) is 6.42 Å². The molecule has 2 aromatic carbocycles. The highest BCUT2D eigenvalue weighted by molar-refractivity contribution is 6.42. The fraction of sp³-hybridized carbons (Fsp3) is 0.286. The van der Waals surface area contributed by atoms with E-state index in [1.54, 1.807) is 20.3 Å². The second-order valence-electron chi connectivity index (χ2n) is 6.61. The number of methoxy groups -OCH3 is 2. The maximum Gasteiger partial charge on any atom is 0.133 e. The van der Waals surface area contributed by atoms with Gasteiger partial charge in [0.25, 0.3) is 0 Å². The number of fused-ring (bicyclic) bond motifs is 1. The highest BCUT2D eigenvalue weighted by Crippen LogP contribution is 2.43. The molecule has 0 bridgehead atoms. The SMILES string of the molecule is COc1cccc(OC)c1-c1nn(-c2ccc(Cl)c(Cl)c2)c2c1CCCCN2. The van der Waals surface area contributed by atoms with Crippen molar-refractivity contribution in [3.8, 4) is 28.4 Å². The number of ether oxygens (including phenoxy) is 2. The van der Waals surface area contributed by atoms with Crippen LogP contribution in [0.25, 0.3) is 16.9 Å². The Balaban J connectivity index is 1.97. The number of hydrogen-bond donors (Lipinski definition) is 1. The number of halogens is 2. The molecule has 0 fully saturated rings. The van der Waals surface area contributed by atoms with Gasteiger partial charge >= 0.3 is 0 Å². The first-order chi connectivity index (χ1) is 13.6. The van der Waals surface area contributed by atoms with Gasteiger partial charge in [0.2, 0.25) is 0 Å². The van der Waals surface area contributed by atoms with Crippen LogP contribution in [0.15, 0.2) is 36.4 Å². The van der Waals surface area contributed by atoms with E-state index < -0.39 is 0 Å². The summed E-state index contributed by atoms with van der Waals surface area (Å²) in [5.41, 5.74) is 3.70. The lowest BCUT2D eigenvalue weighted by Crippen LogP contribution is -2.07. The number of nitrogens with zero attached hydrogens (tertiary/aromatic N) is 2. The van der Waals surface area contributed by atoms with Crippen molar-refractivity contribution in [1.29, 1.82) is 0 Å². The molecule has 0 atom stereocenters. The van der Waals surface area contributed by atoms with Crippen LogP contribution in [0.1, 0.15) is 18.4 Å². The molecule has 146 valence electrons. The van der Waals surface area contributed by atoms with Crippen LogP contribution < -0.4 is 14.8 Å². The molecule has 3 aromatic rings. The van der Waals surface area contributed by atoms with Crippen molar-refractivity contribution in [3.63, 3.8) is 0 Å². The van der Waals surface area contributed by atoms with Crippen LogP contribution in [-0.4, -0.2) is 30.5 Å². The van der Waals surface area contributed by atoms with Gasteiger partial charge in [0.15, 0.2) is 0 Å². The topological polar surface area (TPSA) is 48.3 Å². The zero-order valence-electron chi connectivity index (χ0n) is 15.8. The molecular weight excluding hydrogens is 397 g/mol. The Hall–Kier alpha value is -2.37. The van der Waals surface area contributed by atoms with Gasteiger partial charge in [-0.3, -0.25) is 0 Å². The highest BCUT2D eigenvalue weighted by atomic mass is 35.5. The maximum absolute atomic E-state index is 6.26. The molecule has 2 heterocycles. The number of hydrogen-bond acceptors (Lipinski definition) is 4. The highest BCUT2D eigenvalue weighted by Gasteiger charge is 2.26. The van der Waals surface area contributed by atoms with Crippen molar-refractivity contribution in [2.75, 3.05) is 26.1 Å². The minimum Gasteiger partial charge on any atom is -0.496 e. The molecule has 1 N–H and O–H groups in total. The lowest BCUT2D eigenvalue weighted by molar-refractivity contribution is 0.397. The molecule has 7 heteroatoms. The van der Waals surface area contributed by atoms with E-state index in [9.17, 15) is 0 Å². The van der Waals surface area contributed by atoms with E-state index in [1.165, 1.54) is 0 Å². The lowest BCUT2D eigenvalue weighted by atomic mass is 10.0. The number of aromatic nitrogens is 2. The fourth-order valence-corrected chi connectivity index (χ4v) is 3.88. The summed E-state index contributed by atoms with van der Waals surface area (Å²) in [4.78, 5) is 0. The smallest absolute Gasteiger partial charge is 0.133 e. The molecule has 0 spiro atoms. The van der Waals surface area contributed by atoms with Crippen LogP contribution in [0.3, 0.4) is 0 Å². The van der Waals surface area contributed by atoms with Gasteiger partial charge in [-0.05, 0) is 49.6 Å². The first-order valence-corrected chi connectivity index (χ1v) is 9.92. The average molecular weight is 418 g/mol. The van der Waals surface area contributed by atoms with Gasteiger partial charge in [0.05, 0.1) is 35.5 Å². The molecule has 0 unspecified atom stereocenters. The molecule has 0 saturated carbocycles. The average Bonchev–Trinajstić information content (AvgIpc) is 2.89. The number of rotatable bonds is 4. The molecule has 0 saturated heterocycles. The molecule has 0 radical (unpaired) electrons. The van der Waals surface area contributed by atoms with E-state index in [1.807, 2.05) is 35.0 Å². The molecule has 4 rings (SSSR count). The normalized spacial score (nSPS) is 13.4. The van der Waals surface area contributed by atoms with E-state index in [4.69, 9.17) is 37.8 Å². The Kier molecular flexibility index (Phi) is 5.38. The number of benzene rings is 2.